The number of nitrogens with one attached hydrogen (secondary N) is 3. The lowest BCUT2D eigenvalue weighted by atomic mass is 10.2. The summed E-state index contributed by atoms with van der Waals surface area (Å²) >= 11 is 0. The number of urea groups is 1. The fraction of sp³-hybridized carbons (Fsp3) is 0.529. The number of hydrogen-bond acceptors (Lipinski definition) is 4. The molecule has 0 aromatic heterocycles. The molecule has 3 N–H and O–H groups in total. The Morgan fingerprint density at radius 2 is 1.78 bits per heavy atom. The van der Waals surface area contributed by atoms with E-state index in [1.54, 1.807) is 6.92 Å². The van der Waals surface area contributed by atoms with Gasteiger partial charge in [0.25, 0.3) is 0 Å². The van der Waals surface area contributed by atoms with Gasteiger partial charge in [0.1, 0.15) is 0 Å². The third-order valence-corrected chi connectivity index (χ3v) is 3.88. The quantitative estimate of drug-likeness (QED) is 0.779. The van der Waals surface area contributed by atoms with Crippen LogP contribution in [0.25, 0.3) is 0 Å². The minimum Gasteiger partial charge on any atom is -0.374 e. The Hall–Kier alpha value is -2.24. The zero-order chi connectivity index (χ0) is 16.5. The van der Waals surface area contributed by atoms with Crippen LogP contribution in [0.1, 0.15) is 32.6 Å². The lowest BCUT2D eigenvalue weighted by molar-refractivity contribution is -0.118. The first kappa shape index (κ1) is 17.1. The summed E-state index contributed by atoms with van der Waals surface area (Å²) < 4.78 is 0. The van der Waals surface area contributed by atoms with Gasteiger partial charge in [-0.05, 0) is 31.9 Å². The zero-order valence-corrected chi connectivity index (χ0v) is 13.7. The van der Waals surface area contributed by atoms with Gasteiger partial charge in [-0.3, -0.25) is 10.1 Å². The molecule has 0 spiro atoms. The van der Waals surface area contributed by atoms with Crippen LogP contribution in [0.3, 0.4) is 0 Å². The fourth-order valence-corrected chi connectivity index (χ4v) is 2.76. The van der Waals surface area contributed by atoms with Gasteiger partial charge in [0, 0.05) is 19.6 Å². The molecular weight excluding hydrogens is 292 g/mol. The molecule has 23 heavy (non-hydrogen) atoms. The Balaban J connectivity index is 1.94. The standard InChI is InChI=1S/C17H26N4O2/c1-2-18-17(23)20-16(22)13-19-14-9-5-6-10-15(14)21-11-7-3-4-8-12-21/h5-6,9-10,19H,2-4,7-8,11-13H2,1H3,(H2,18,20,22,23). The molecule has 0 radical (unpaired) electrons. The molecule has 1 fully saturated rings. The normalized spacial score (nSPS) is 14.7. The van der Waals surface area contributed by atoms with Crippen molar-refractivity contribution in [3.63, 3.8) is 0 Å². The van der Waals surface area contributed by atoms with Crippen LogP contribution in [-0.4, -0.2) is 38.1 Å². The third-order valence-electron chi connectivity index (χ3n) is 3.88. The first-order valence-corrected chi connectivity index (χ1v) is 8.36. The van der Waals surface area contributed by atoms with Crippen molar-refractivity contribution in [3.05, 3.63) is 24.3 Å². The van der Waals surface area contributed by atoms with Crippen molar-refractivity contribution in [2.45, 2.75) is 32.6 Å². The number of hydrogen-bond donors (Lipinski definition) is 3. The molecule has 2 rings (SSSR count). The van der Waals surface area contributed by atoms with Crippen molar-refractivity contribution in [1.29, 1.82) is 0 Å². The Morgan fingerprint density at radius 1 is 1.09 bits per heavy atom. The molecule has 126 valence electrons. The molecule has 1 aliphatic heterocycles. The number of imide groups is 1. The van der Waals surface area contributed by atoms with Crippen LogP contribution in [0.2, 0.25) is 0 Å². The SMILES string of the molecule is CCNC(=O)NC(=O)CNc1ccccc1N1CCCCCC1. The van der Waals surface area contributed by atoms with E-state index in [1.807, 2.05) is 18.2 Å². The van der Waals surface area contributed by atoms with Crippen LogP contribution in [-0.2, 0) is 4.79 Å². The molecule has 1 saturated heterocycles. The van der Waals surface area contributed by atoms with Gasteiger partial charge < -0.3 is 15.5 Å². The summed E-state index contributed by atoms with van der Waals surface area (Å²) in [5.74, 6) is -0.346. The number of para-hydroxylation sites is 2. The number of anilines is 2. The van der Waals surface area contributed by atoms with Crippen LogP contribution in [0.4, 0.5) is 16.2 Å². The fourth-order valence-electron chi connectivity index (χ4n) is 2.76. The third kappa shape index (κ3) is 5.47. The Morgan fingerprint density at radius 3 is 2.48 bits per heavy atom. The summed E-state index contributed by atoms with van der Waals surface area (Å²) in [6.07, 6.45) is 4.96. The number of nitrogens with zero attached hydrogens (tertiary/aromatic N) is 1. The molecule has 0 aliphatic carbocycles. The summed E-state index contributed by atoms with van der Waals surface area (Å²) in [7, 11) is 0. The second-order valence-electron chi connectivity index (χ2n) is 5.68. The molecule has 1 aliphatic rings. The summed E-state index contributed by atoms with van der Waals surface area (Å²) in [5.41, 5.74) is 2.06. The van der Waals surface area contributed by atoms with E-state index in [0.717, 1.165) is 24.5 Å². The second-order valence-corrected chi connectivity index (χ2v) is 5.68. The Labute approximate surface area is 137 Å². The van der Waals surface area contributed by atoms with Gasteiger partial charge in [0.05, 0.1) is 17.9 Å². The number of rotatable bonds is 5. The number of carbonyl (C=O) groups is 2. The molecule has 0 unspecified atom stereocenters. The van der Waals surface area contributed by atoms with Crippen LogP contribution >= 0.6 is 0 Å². The second kappa shape index (κ2) is 9.02. The van der Waals surface area contributed by atoms with Crippen LogP contribution in [0.15, 0.2) is 24.3 Å². The lowest BCUT2D eigenvalue weighted by Gasteiger charge is -2.25. The number of benzene rings is 1. The highest BCUT2D eigenvalue weighted by Gasteiger charge is 2.14. The highest BCUT2D eigenvalue weighted by Crippen LogP contribution is 2.27. The van der Waals surface area contributed by atoms with Crippen molar-refractivity contribution < 1.29 is 9.59 Å². The van der Waals surface area contributed by atoms with Gasteiger partial charge in [-0.2, -0.15) is 0 Å². The topological polar surface area (TPSA) is 73.5 Å². The molecule has 3 amide bonds. The maximum absolute atomic E-state index is 11.8. The average Bonchev–Trinajstić information content (AvgIpc) is 2.82. The first-order chi connectivity index (χ1) is 11.2. The van der Waals surface area contributed by atoms with E-state index in [1.165, 1.54) is 25.7 Å². The van der Waals surface area contributed by atoms with E-state index in [0.29, 0.717) is 6.54 Å². The van der Waals surface area contributed by atoms with Gasteiger partial charge in [0.2, 0.25) is 5.91 Å². The molecule has 6 nitrogen and oxygen atoms in total. The minimum atomic E-state index is -0.458. The van der Waals surface area contributed by atoms with Crippen LogP contribution < -0.4 is 20.9 Å². The Bertz CT molecular complexity index is 525. The summed E-state index contributed by atoms with van der Waals surface area (Å²) in [6.45, 7) is 4.46. The number of carbonyl (C=O) groups excluding carboxylic acids is 2. The minimum absolute atomic E-state index is 0.0714. The van der Waals surface area contributed by atoms with E-state index in [-0.39, 0.29) is 12.5 Å². The monoisotopic (exact) mass is 318 g/mol. The molecule has 0 bridgehead atoms. The van der Waals surface area contributed by atoms with Crippen LogP contribution in [0, 0.1) is 0 Å². The summed E-state index contributed by atoms with van der Waals surface area (Å²) in [4.78, 5) is 25.5. The van der Waals surface area contributed by atoms with Crippen molar-refractivity contribution in [3.8, 4) is 0 Å². The Kier molecular flexibility index (Phi) is 6.72. The predicted molar refractivity (Wildman–Crippen MR) is 92.8 cm³/mol. The van der Waals surface area contributed by atoms with Gasteiger partial charge >= 0.3 is 6.03 Å². The summed E-state index contributed by atoms with van der Waals surface area (Å²) in [6, 6.07) is 7.56. The van der Waals surface area contributed by atoms with Gasteiger partial charge in [-0.15, -0.1) is 0 Å². The molecule has 6 heteroatoms. The molecule has 1 aromatic carbocycles. The van der Waals surface area contributed by atoms with Crippen molar-refractivity contribution in [2.24, 2.45) is 0 Å². The zero-order valence-electron chi connectivity index (χ0n) is 13.7. The molecule has 0 saturated carbocycles. The van der Waals surface area contributed by atoms with Crippen LogP contribution in [0.5, 0.6) is 0 Å². The molecular formula is C17H26N4O2. The molecule has 0 atom stereocenters. The number of amides is 3. The van der Waals surface area contributed by atoms with Crippen molar-refractivity contribution in [2.75, 3.05) is 36.4 Å². The van der Waals surface area contributed by atoms with E-state index in [4.69, 9.17) is 0 Å². The van der Waals surface area contributed by atoms with Gasteiger partial charge in [-0.25, -0.2) is 4.79 Å². The van der Waals surface area contributed by atoms with E-state index >= 15 is 0 Å². The predicted octanol–water partition coefficient (Wildman–Crippen LogP) is 2.32. The maximum atomic E-state index is 11.8. The van der Waals surface area contributed by atoms with E-state index in [2.05, 4.69) is 26.9 Å². The highest BCUT2D eigenvalue weighted by molar-refractivity contribution is 5.96. The molecule has 1 aromatic rings. The molecule has 1 heterocycles. The van der Waals surface area contributed by atoms with Crippen molar-refractivity contribution >= 4 is 23.3 Å². The van der Waals surface area contributed by atoms with E-state index < -0.39 is 6.03 Å². The summed E-state index contributed by atoms with van der Waals surface area (Å²) in [5, 5.41) is 7.98. The maximum Gasteiger partial charge on any atom is 0.321 e. The average molecular weight is 318 g/mol. The largest absolute Gasteiger partial charge is 0.374 e. The lowest BCUT2D eigenvalue weighted by Crippen LogP contribution is -2.41. The first-order valence-electron chi connectivity index (χ1n) is 8.36. The van der Waals surface area contributed by atoms with Gasteiger partial charge in [-0.1, -0.05) is 25.0 Å². The highest BCUT2D eigenvalue weighted by atomic mass is 16.2. The van der Waals surface area contributed by atoms with E-state index in [9.17, 15) is 9.59 Å². The smallest absolute Gasteiger partial charge is 0.321 e. The van der Waals surface area contributed by atoms with Crippen molar-refractivity contribution in [1.82, 2.24) is 10.6 Å². The van der Waals surface area contributed by atoms with Gasteiger partial charge in [0.15, 0.2) is 0 Å².